The first-order chi connectivity index (χ1) is 7.88. The quantitative estimate of drug-likeness (QED) is 0.649. The van der Waals surface area contributed by atoms with Crippen LogP contribution in [0, 0.1) is 0 Å². The van der Waals surface area contributed by atoms with E-state index >= 15 is 0 Å². The molecule has 0 aromatic carbocycles. The Morgan fingerprint density at radius 3 is 2.82 bits per heavy atom. The van der Waals surface area contributed by atoms with Crippen LogP contribution in [0.3, 0.4) is 0 Å². The zero-order valence-electron chi connectivity index (χ0n) is 10.7. The van der Waals surface area contributed by atoms with Crippen LogP contribution in [0.15, 0.2) is 11.6 Å². The molecule has 2 aliphatic rings. The van der Waals surface area contributed by atoms with Gasteiger partial charge in [-0.2, -0.15) is 0 Å². The average molecular weight is 237 g/mol. The highest BCUT2D eigenvalue weighted by Crippen LogP contribution is 2.30. The Hall–Kier alpha value is -1.32. The molecule has 0 spiro atoms. The first kappa shape index (κ1) is 12.1. The fraction of sp³-hybridized carbons (Fsp3) is 0.692. The summed E-state index contributed by atoms with van der Waals surface area (Å²) in [7, 11) is 0. The molecular weight excluding hydrogens is 218 g/mol. The van der Waals surface area contributed by atoms with Gasteiger partial charge in [-0.1, -0.05) is 6.08 Å². The standard InChI is InChI=1S/C13H19NO3/c1-13(2,3)17-12(16)14-8-11(15)9-6-4-5-7-10(9)14/h6,10H,4-5,7-8H2,1-3H3/t10-/m0/s1. The normalized spacial score (nSPS) is 24.4. The lowest BCUT2D eigenvalue weighted by Gasteiger charge is -2.29. The van der Waals surface area contributed by atoms with Crippen LogP contribution in [0.5, 0.6) is 0 Å². The van der Waals surface area contributed by atoms with Gasteiger partial charge < -0.3 is 4.74 Å². The van der Waals surface area contributed by atoms with Crippen LogP contribution in [0.25, 0.3) is 0 Å². The van der Waals surface area contributed by atoms with Crippen molar-refractivity contribution in [3.8, 4) is 0 Å². The van der Waals surface area contributed by atoms with Gasteiger partial charge in [0.15, 0.2) is 5.78 Å². The van der Waals surface area contributed by atoms with Crippen molar-refractivity contribution >= 4 is 11.9 Å². The van der Waals surface area contributed by atoms with Crippen molar-refractivity contribution in [1.82, 2.24) is 4.90 Å². The number of ether oxygens (including phenoxy) is 1. The van der Waals surface area contributed by atoms with Crippen molar-refractivity contribution in [2.24, 2.45) is 0 Å². The van der Waals surface area contributed by atoms with Crippen molar-refractivity contribution in [3.63, 3.8) is 0 Å². The molecule has 0 saturated carbocycles. The van der Waals surface area contributed by atoms with Gasteiger partial charge in [0.05, 0.1) is 12.6 Å². The number of likely N-dealkylation sites (tertiary alicyclic amines) is 1. The highest BCUT2D eigenvalue weighted by Gasteiger charge is 2.40. The van der Waals surface area contributed by atoms with E-state index in [0.717, 1.165) is 24.8 Å². The van der Waals surface area contributed by atoms with Crippen LogP contribution in [0.1, 0.15) is 40.0 Å². The summed E-state index contributed by atoms with van der Waals surface area (Å²) >= 11 is 0. The number of rotatable bonds is 0. The van der Waals surface area contributed by atoms with Gasteiger partial charge in [0, 0.05) is 5.57 Å². The molecule has 1 saturated heterocycles. The first-order valence-corrected chi connectivity index (χ1v) is 6.11. The highest BCUT2D eigenvalue weighted by molar-refractivity contribution is 6.03. The zero-order chi connectivity index (χ0) is 12.6. The summed E-state index contributed by atoms with van der Waals surface area (Å²) in [5.74, 6) is 0.0700. The van der Waals surface area contributed by atoms with E-state index in [1.165, 1.54) is 0 Å². The maximum Gasteiger partial charge on any atom is 0.411 e. The summed E-state index contributed by atoms with van der Waals surface area (Å²) in [6.07, 6.45) is 4.44. The van der Waals surface area contributed by atoms with Crippen molar-refractivity contribution in [1.29, 1.82) is 0 Å². The van der Waals surface area contributed by atoms with E-state index in [9.17, 15) is 9.59 Å². The van der Waals surface area contributed by atoms with E-state index in [-0.39, 0.29) is 24.5 Å². The van der Waals surface area contributed by atoms with Crippen LogP contribution >= 0.6 is 0 Å². The Morgan fingerprint density at radius 1 is 1.47 bits per heavy atom. The molecule has 1 aliphatic heterocycles. The molecule has 0 radical (unpaired) electrons. The van der Waals surface area contributed by atoms with Crippen molar-refractivity contribution in [3.05, 3.63) is 11.6 Å². The third-order valence-corrected chi connectivity index (χ3v) is 3.05. The molecule has 1 amide bonds. The molecule has 0 aromatic rings. The number of Topliss-reactive ketones (excluding diaryl/α,β-unsaturated/α-hetero) is 1. The molecule has 1 aliphatic carbocycles. The Morgan fingerprint density at radius 2 is 2.18 bits per heavy atom. The lowest BCUT2D eigenvalue weighted by atomic mass is 9.94. The lowest BCUT2D eigenvalue weighted by Crippen LogP contribution is -2.40. The molecule has 1 heterocycles. The lowest BCUT2D eigenvalue weighted by molar-refractivity contribution is -0.114. The minimum atomic E-state index is -0.513. The zero-order valence-corrected chi connectivity index (χ0v) is 10.7. The molecule has 1 fully saturated rings. The third-order valence-electron chi connectivity index (χ3n) is 3.05. The summed E-state index contributed by atoms with van der Waals surface area (Å²) < 4.78 is 5.33. The van der Waals surface area contributed by atoms with Crippen molar-refractivity contribution in [2.45, 2.75) is 51.7 Å². The minimum absolute atomic E-state index is 0.0499. The van der Waals surface area contributed by atoms with Crippen LogP contribution in [0.2, 0.25) is 0 Å². The Labute approximate surface area is 102 Å². The fourth-order valence-corrected chi connectivity index (χ4v) is 2.35. The summed E-state index contributed by atoms with van der Waals surface area (Å²) in [4.78, 5) is 25.3. The van der Waals surface area contributed by atoms with Crippen LogP contribution in [-0.2, 0) is 9.53 Å². The molecule has 94 valence electrons. The first-order valence-electron chi connectivity index (χ1n) is 6.11. The highest BCUT2D eigenvalue weighted by atomic mass is 16.6. The predicted molar refractivity (Wildman–Crippen MR) is 63.7 cm³/mol. The van der Waals surface area contributed by atoms with Crippen LogP contribution in [-0.4, -0.2) is 35.0 Å². The number of allylic oxidation sites excluding steroid dienone is 1. The van der Waals surface area contributed by atoms with Crippen molar-refractivity contribution < 1.29 is 14.3 Å². The summed E-state index contributed by atoms with van der Waals surface area (Å²) in [6.45, 7) is 5.67. The van der Waals surface area contributed by atoms with Gasteiger partial charge in [0.25, 0.3) is 0 Å². The number of hydrogen-bond acceptors (Lipinski definition) is 3. The minimum Gasteiger partial charge on any atom is -0.444 e. The summed E-state index contributed by atoms with van der Waals surface area (Å²) in [5.41, 5.74) is 0.295. The van der Waals surface area contributed by atoms with Gasteiger partial charge in [0.2, 0.25) is 0 Å². The van der Waals surface area contributed by atoms with E-state index in [0.29, 0.717) is 0 Å². The van der Waals surface area contributed by atoms with E-state index in [1.807, 2.05) is 26.8 Å². The molecule has 2 rings (SSSR count). The molecule has 17 heavy (non-hydrogen) atoms. The van der Waals surface area contributed by atoms with Crippen LogP contribution in [0.4, 0.5) is 4.79 Å². The van der Waals surface area contributed by atoms with Crippen molar-refractivity contribution in [2.75, 3.05) is 6.54 Å². The van der Waals surface area contributed by atoms with Gasteiger partial charge in [-0.25, -0.2) is 4.79 Å². The second kappa shape index (κ2) is 4.17. The topological polar surface area (TPSA) is 46.6 Å². The van der Waals surface area contributed by atoms with Gasteiger partial charge in [0.1, 0.15) is 5.60 Å². The number of carbonyl (C=O) groups is 2. The molecule has 4 heteroatoms. The Kier molecular flexibility index (Phi) is 2.98. The Balaban J connectivity index is 2.13. The van der Waals surface area contributed by atoms with E-state index in [2.05, 4.69) is 0 Å². The molecule has 0 bridgehead atoms. The number of carbonyl (C=O) groups excluding carboxylic acids is 2. The number of nitrogens with zero attached hydrogens (tertiary/aromatic N) is 1. The maximum atomic E-state index is 12.0. The largest absolute Gasteiger partial charge is 0.444 e. The predicted octanol–water partition coefficient (Wildman–Crippen LogP) is 2.29. The summed E-state index contributed by atoms with van der Waals surface area (Å²) in [5, 5.41) is 0. The summed E-state index contributed by atoms with van der Waals surface area (Å²) in [6, 6.07) is -0.0499. The van der Waals surface area contributed by atoms with Gasteiger partial charge in [-0.15, -0.1) is 0 Å². The molecular formula is C13H19NO3. The Bertz CT molecular complexity index is 379. The van der Waals surface area contributed by atoms with Crippen LogP contribution < -0.4 is 0 Å². The monoisotopic (exact) mass is 237 g/mol. The number of amides is 1. The maximum absolute atomic E-state index is 12.0. The average Bonchev–Trinajstić information content (AvgIpc) is 2.55. The molecule has 4 nitrogen and oxygen atoms in total. The number of fused-ring (bicyclic) bond motifs is 1. The second-order valence-electron chi connectivity index (χ2n) is 5.64. The molecule has 0 unspecified atom stereocenters. The van der Waals surface area contributed by atoms with E-state index < -0.39 is 5.60 Å². The molecule has 1 atom stereocenters. The van der Waals surface area contributed by atoms with Gasteiger partial charge in [-0.3, -0.25) is 9.69 Å². The SMILES string of the molecule is CC(C)(C)OC(=O)N1CC(=O)C2=CCCC[C@@H]21. The number of hydrogen-bond donors (Lipinski definition) is 0. The van der Waals surface area contributed by atoms with E-state index in [4.69, 9.17) is 4.74 Å². The second-order valence-corrected chi connectivity index (χ2v) is 5.64. The third kappa shape index (κ3) is 2.51. The van der Waals surface area contributed by atoms with Gasteiger partial charge >= 0.3 is 6.09 Å². The van der Waals surface area contributed by atoms with Gasteiger partial charge in [-0.05, 0) is 40.0 Å². The van der Waals surface area contributed by atoms with E-state index in [1.54, 1.807) is 4.90 Å². The smallest absolute Gasteiger partial charge is 0.411 e. The molecule has 0 N–H and O–H groups in total. The number of ketones is 1. The fourth-order valence-electron chi connectivity index (χ4n) is 2.35. The molecule has 0 aromatic heterocycles.